The van der Waals surface area contributed by atoms with Crippen LogP contribution in [0.2, 0.25) is 0 Å². The van der Waals surface area contributed by atoms with Crippen molar-refractivity contribution in [1.29, 1.82) is 0 Å². The smallest absolute Gasteiger partial charge is 0.319 e. The number of aromatic nitrogens is 1. The van der Waals surface area contributed by atoms with Crippen molar-refractivity contribution in [3.63, 3.8) is 0 Å². The topological polar surface area (TPSA) is 74.2 Å². The van der Waals surface area contributed by atoms with E-state index in [4.69, 9.17) is 5.11 Å². The summed E-state index contributed by atoms with van der Waals surface area (Å²) >= 11 is 1.57. The second-order valence-electron chi connectivity index (χ2n) is 5.04. The lowest BCUT2D eigenvalue weighted by molar-refractivity contribution is 0.187. The molecule has 0 spiro atoms. The molecule has 2 amide bonds. The lowest BCUT2D eigenvalue weighted by atomic mass is 10.1. The molecule has 1 heterocycles. The molecule has 0 unspecified atom stereocenters. The lowest BCUT2D eigenvalue weighted by Gasteiger charge is -2.23. The first-order valence-corrected chi connectivity index (χ1v) is 7.08. The molecule has 2 aromatic rings. The summed E-state index contributed by atoms with van der Waals surface area (Å²) < 4.78 is 0. The first-order valence-electron chi connectivity index (χ1n) is 6.20. The summed E-state index contributed by atoms with van der Waals surface area (Å²) in [6.45, 7) is 3.37. The number of aliphatic hydroxyl groups excluding tert-OH is 1. The molecule has 6 heteroatoms. The van der Waals surface area contributed by atoms with Gasteiger partial charge in [0.25, 0.3) is 0 Å². The summed E-state index contributed by atoms with van der Waals surface area (Å²) in [5, 5.41) is 17.4. The Morgan fingerprint density at radius 1 is 1.35 bits per heavy atom. The van der Waals surface area contributed by atoms with Crippen molar-refractivity contribution < 1.29 is 9.90 Å². The lowest BCUT2D eigenvalue weighted by Crippen LogP contribution is -2.48. The van der Waals surface area contributed by atoms with Gasteiger partial charge in [-0.05, 0) is 38.1 Å². The van der Waals surface area contributed by atoms with E-state index in [1.807, 2.05) is 29.6 Å². The van der Waals surface area contributed by atoms with E-state index in [0.717, 1.165) is 10.6 Å². The summed E-state index contributed by atoms with van der Waals surface area (Å²) in [5.41, 5.74) is 1.06. The van der Waals surface area contributed by atoms with Crippen molar-refractivity contribution >= 4 is 23.1 Å². The molecule has 0 bridgehead atoms. The van der Waals surface area contributed by atoms with Crippen molar-refractivity contribution in [3.8, 4) is 10.6 Å². The molecule has 0 atom stereocenters. The van der Waals surface area contributed by atoms with Crippen LogP contribution in [0.25, 0.3) is 10.6 Å². The molecular formula is C14H17N3O2S. The fourth-order valence-electron chi connectivity index (χ4n) is 1.57. The second-order valence-corrected chi connectivity index (χ2v) is 5.93. The second kappa shape index (κ2) is 6.02. The number of benzene rings is 1. The van der Waals surface area contributed by atoms with Crippen LogP contribution in [-0.4, -0.2) is 28.3 Å². The molecule has 0 saturated heterocycles. The zero-order valence-electron chi connectivity index (χ0n) is 11.4. The minimum Gasteiger partial charge on any atom is -0.394 e. The van der Waals surface area contributed by atoms with Gasteiger partial charge in [-0.15, -0.1) is 11.3 Å². The van der Waals surface area contributed by atoms with Gasteiger partial charge < -0.3 is 15.7 Å². The molecule has 20 heavy (non-hydrogen) atoms. The van der Waals surface area contributed by atoms with Crippen LogP contribution in [0.1, 0.15) is 13.8 Å². The van der Waals surface area contributed by atoms with Gasteiger partial charge in [0.2, 0.25) is 0 Å². The van der Waals surface area contributed by atoms with E-state index in [1.165, 1.54) is 0 Å². The zero-order valence-corrected chi connectivity index (χ0v) is 12.2. The summed E-state index contributed by atoms with van der Waals surface area (Å²) in [4.78, 5) is 16.0. The van der Waals surface area contributed by atoms with Crippen molar-refractivity contribution in [2.75, 3.05) is 11.9 Å². The van der Waals surface area contributed by atoms with E-state index in [2.05, 4.69) is 15.6 Å². The molecule has 0 radical (unpaired) electrons. The first kappa shape index (κ1) is 14.5. The van der Waals surface area contributed by atoms with Crippen molar-refractivity contribution in [2.24, 2.45) is 0 Å². The Kier molecular flexibility index (Phi) is 4.36. The number of nitrogens with zero attached hydrogens (tertiary/aromatic N) is 1. The van der Waals surface area contributed by atoms with E-state index in [9.17, 15) is 4.79 Å². The number of carbonyl (C=O) groups is 1. The Bertz CT molecular complexity index is 565. The maximum Gasteiger partial charge on any atom is 0.319 e. The molecule has 106 valence electrons. The monoisotopic (exact) mass is 291 g/mol. The predicted molar refractivity (Wildman–Crippen MR) is 80.9 cm³/mol. The SMILES string of the molecule is CC(C)(CO)NC(=O)Nc1ccc(-c2nccs2)cc1. The summed E-state index contributed by atoms with van der Waals surface area (Å²) in [6.07, 6.45) is 1.76. The van der Waals surface area contributed by atoms with E-state index in [1.54, 1.807) is 31.4 Å². The van der Waals surface area contributed by atoms with Crippen molar-refractivity contribution in [2.45, 2.75) is 19.4 Å². The van der Waals surface area contributed by atoms with Gasteiger partial charge in [-0.25, -0.2) is 9.78 Å². The van der Waals surface area contributed by atoms with E-state index >= 15 is 0 Å². The molecule has 3 N–H and O–H groups in total. The Morgan fingerprint density at radius 2 is 2.05 bits per heavy atom. The standard InChI is InChI=1S/C14H17N3O2S/c1-14(2,9-18)17-13(19)16-11-5-3-10(4-6-11)12-15-7-8-20-12/h3-8,18H,9H2,1-2H3,(H2,16,17,19). The third kappa shape index (κ3) is 3.79. The summed E-state index contributed by atoms with van der Waals surface area (Å²) in [5.74, 6) is 0. The molecule has 5 nitrogen and oxygen atoms in total. The normalized spacial score (nSPS) is 11.2. The molecular weight excluding hydrogens is 274 g/mol. The highest BCUT2D eigenvalue weighted by Crippen LogP contribution is 2.23. The highest BCUT2D eigenvalue weighted by atomic mass is 32.1. The Balaban J connectivity index is 1.99. The summed E-state index contributed by atoms with van der Waals surface area (Å²) in [6, 6.07) is 7.12. The van der Waals surface area contributed by atoms with Gasteiger partial charge in [0.1, 0.15) is 5.01 Å². The number of carbonyl (C=O) groups excluding carboxylic acids is 1. The number of hydrogen-bond donors (Lipinski definition) is 3. The first-order chi connectivity index (χ1) is 9.50. The Labute approximate surface area is 121 Å². The quantitative estimate of drug-likeness (QED) is 0.811. The minimum atomic E-state index is -0.648. The zero-order chi connectivity index (χ0) is 14.6. The average Bonchev–Trinajstić information content (AvgIpc) is 2.93. The van der Waals surface area contributed by atoms with Crippen LogP contribution in [0.4, 0.5) is 10.5 Å². The van der Waals surface area contributed by atoms with Crippen LogP contribution in [0.5, 0.6) is 0 Å². The molecule has 0 saturated carbocycles. The van der Waals surface area contributed by atoms with Crippen LogP contribution in [-0.2, 0) is 0 Å². The molecule has 0 aliphatic heterocycles. The number of hydrogen-bond acceptors (Lipinski definition) is 4. The number of anilines is 1. The molecule has 1 aromatic carbocycles. The van der Waals surface area contributed by atoms with Gasteiger partial charge in [-0.2, -0.15) is 0 Å². The Hall–Kier alpha value is -1.92. The molecule has 0 fully saturated rings. The van der Waals surface area contributed by atoms with Crippen LogP contribution >= 0.6 is 11.3 Å². The van der Waals surface area contributed by atoms with Crippen LogP contribution < -0.4 is 10.6 Å². The van der Waals surface area contributed by atoms with E-state index in [0.29, 0.717) is 5.69 Å². The van der Waals surface area contributed by atoms with E-state index < -0.39 is 5.54 Å². The van der Waals surface area contributed by atoms with E-state index in [-0.39, 0.29) is 12.6 Å². The molecule has 2 rings (SSSR count). The number of aliphatic hydroxyl groups is 1. The van der Waals surface area contributed by atoms with Crippen LogP contribution in [0, 0.1) is 0 Å². The highest BCUT2D eigenvalue weighted by molar-refractivity contribution is 7.13. The molecule has 0 aliphatic rings. The molecule has 0 aliphatic carbocycles. The number of nitrogens with one attached hydrogen (secondary N) is 2. The fraction of sp³-hybridized carbons (Fsp3) is 0.286. The van der Waals surface area contributed by atoms with Gasteiger partial charge in [-0.1, -0.05) is 0 Å². The minimum absolute atomic E-state index is 0.122. The van der Waals surface area contributed by atoms with Gasteiger partial charge in [-0.3, -0.25) is 0 Å². The predicted octanol–water partition coefficient (Wildman–Crippen LogP) is 2.70. The number of amides is 2. The third-order valence-corrected chi connectivity index (χ3v) is 3.49. The average molecular weight is 291 g/mol. The maximum atomic E-state index is 11.8. The summed E-state index contributed by atoms with van der Waals surface area (Å²) in [7, 11) is 0. The van der Waals surface area contributed by atoms with Gasteiger partial charge >= 0.3 is 6.03 Å². The van der Waals surface area contributed by atoms with Crippen LogP contribution in [0.3, 0.4) is 0 Å². The largest absolute Gasteiger partial charge is 0.394 e. The van der Waals surface area contributed by atoms with Gasteiger partial charge in [0.15, 0.2) is 0 Å². The van der Waals surface area contributed by atoms with Crippen molar-refractivity contribution in [1.82, 2.24) is 10.3 Å². The number of thiazole rings is 1. The number of urea groups is 1. The van der Waals surface area contributed by atoms with Crippen molar-refractivity contribution in [3.05, 3.63) is 35.8 Å². The Morgan fingerprint density at radius 3 is 2.60 bits per heavy atom. The van der Waals surface area contributed by atoms with Gasteiger partial charge in [0.05, 0.1) is 12.1 Å². The number of rotatable bonds is 4. The maximum absolute atomic E-state index is 11.8. The fourth-order valence-corrected chi connectivity index (χ4v) is 2.22. The highest BCUT2D eigenvalue weighted by Gasteiger charge is 2.18. The van der Waals surface area contributed by atoms with Gasteiger partial charge in [0, 0.05) is 22.8 Å². The molecule has 1 aromatic heterocycles. The third-order valence-electron chi connectivity index (χ3n) is 2.67. The van der Waals surface area contributed by atoms with Crippen LogP contribution in [0.15, 0.2) is 35.8 Å².